The first-order chi connectivity index (χ1) is 17.6. The zero-order valence-electron chi connectivity index (χ0n) is 20.2. The Morgan fingerprint density at radius 2 is 0.850 bits per heavy atom. The number of alkyl halides is 17. The van der Waals surface area contributed by atoms with E-state index < -0.39 is 71.7 Å². The van der Waals surface area contributed by atoms with Gasteiger partial charge in [0.25, 0.3) is 0 Å². The molecule has 19 heteroatoms. The number of hydrogen-bond acceptors (Lipinski definition) is 1. The second kappa shape index (κ2) is 12.5. The van der Waals surface area contributed by atoms with Crippen molar-refractivity contribution >= 4 is 5.97 Å². The molecule has 0 saturated heterocycles. The van der Waals surface area contributed by atoms with Crippen molar-refractivity contribution in [2.45, 2.75) is 112 Å². The van der Waals surface area contributed by atoms with E-state index in [0.717, 1.165) is 19.3 Å². The van der Waals surface area contributed by atoms with E-state index in [1.807, 2.05) is 6.92 Å². The highest BCUT2D eigenvalue weighted by Crippen LogP contribution is 2.64. The van der Waals surface area contributed by atoms with Crippen molar-refractivity contribution in [3.8, 4) is 0 Å². The Bertz CT molecular complexity index is 875. The normalized spacial score (nSPS) is 15.5. The van der Waals surface area contributed by atoms with Crippen molar-refractivity contribution in [1.29, 1.82) is 0 Å². The third kappa shape index (κ3) is 6.90. The molecule has 2 nitrogen and oxygen atoms in total. The van der Waals surface area contributed by atoms with Crippen LogP contribution in [0.4, 0.5) is 74.6 Å². The van der Waals surface area contributed by atoms with E-state index in [1.54, 1.807) is 0 Å². The SMILES string of the molecule is CCCCCCCCCCC(=CC(F)(F)C(F)(F)C(F)(F)C(F)(F)C(F)(F)C(F)(F)C(F)(F)C(F)(F)F)C(=O)O. The average Bonchev–Trinajstić information content (AvgIpc) is 2.78. The lowest BCUT2D eigenvalue weighted by molar-refractivity contribution is -0.459. The predicted octanol–water partition coefficient (Wildman–Crippen LogP) is 9.54. The van der Waals surface area contributed by atoms with E-state index in [1.165, 1.54) is 0 Å². The fourth-order valence-electron chi connectivity index (χ4n) is 3.18. The summed E-state index contributed by atoms with van der Waals surface area (Å²) >= 11 is 0. The minimum atomic E-state index is -8.72. The highest BCUT2D eigenvalue weighted by Gasteiger charge is 2.95. The summed E-state index contributed by atoms with van der Waals surface area (Å²) in [6.45, 7) is 1.91. The second-order valence-electron chi connectivity index (χ2n) is 8.77. The maximum Gasteiger partial charge on any atom is 0.460 e. The average molecular weight is 630 g/mol. The van der Waals surface area contributed by atoms with E-state index in [9.17, 15) is 79.4 Å². The van der Waals surface area contributed by atoms with Crippen molar-refractivity contribution in [3.63, 3.8) is 0 Å². The van der Waals surface area contributed by atoms with Crippen molar-refractivity contribution in [3.05, 3.63) is 11.6 Å². The number of carboxylic acids is 1. The molecule has 0 atom stereocenters. The van der Waals surface area contributed by atoms with Crippen LogP contribution in [0, 0.1) is 0 Å². The third-order valence-corrected chi connectivity index (χ3v) is 5.68. The summed E-state index contributed by atoms with van der Waals surface area (Å²) in [7, 11) is 0. The summed E-state index contributed by atoms with van der Waals surface area (Å²) in [5, 5.41) is 8.88. The van der Waals surface area contributed by atoms with Gasteiger partial charge >= 0.3 is 53.6 Å². The molecular weight excluding hydrogens is 607 g/mol. The Hall–Kier alpha value is -1.98. The summed E-state index contributed by atoms with van der Waals surface area (Å²) < 4.78 is 226. The molecule has 0 unspecified atom stereocenters. The number of hydrogen-bond donors (Lipinski definition) is 1. The van der Waals surface area contributed by atoms with E-state index in [4.69, 9.17) is 5.11 Å². The number of halogens is 17. The number of unbranched alkanes of at least 4 members (excludes halogenated alkanes) is 7. The molecule has 0 aromatic rings. The topological polar surface area (TPSA) is 37.3 Å². The lowest BCUT2D eigenvalue weighted by Crippen LogP contribution is -2.74. The van der Waals surface area contributed by atoms with E-state index in [2.05, 4.69) is 0 Å². The minimum Gasteiger partial charge on any atom is -0.478 e. The van der Waals surface area contributed by atoms with Crippen LogP contribution in [0.25, 0.3) is 0 Å². The van der Waals surface area contributed by atoms with Crippen molar-refractivity contribution in [2.24, 2.45) is 0 Å². The molecule has 0 spiro atoms. The van der Waals surface area contributed by atoms with Gasteiger partial charge < -0.3 is 5.11 Å². The van der Waals surface area contributed by atoms with Gasteiger partial charge in [-0.1, -0.05) is 51.9 Å². The van der Waals surface area contributed by atoms with Crippen molar-refractivity contribution in [1.82, 2.24) is 0 Å². The van der Waals surface area contributed by atoms with E-state index in [-0.39, 0.29) is 12.8 Å². The number of allylic oxidation sites excluding steroid dienone is 1. The standard InChI is InChI=1S/C21H23F17O2/c1-2-3-4-5-6-7-8-9-10-12(13(39)40)11-14(22,23)15(24,25)16(26,27)17(28,29)18(30,31)19(32,33)20(34,35)21(36,37)38/h11H,2-10H2,1H3,(H,39,40). The van der Waals surface area contributed by atoms with E-state index in [0.29, 0.717) is 19.3 Å². The molecule has 0 saturated carbocycles. The fraction of sp³-hybridized carbons (Fsp3) is 0.857. The molecule has 0 radical (unpaired) electrons. The van der Waals surface area contributed by atoms with E-state index >= 15 is 0 Å². The van der Waals surface area contributed by atoms with Gasteiger partial charge in [0.2, 0.25) is 0 Å². The van der Waals surface area contributed by atoms with Crippen LogP contribution in [-0.4, -0.2) is 58.7 Å². The second-order valence-corrected chi connectivity index (χ2v) is 8.77. The van der Waals surface area contributed by atoms with Crippen LogP contribution in [0.5, 0.6) is 0 Å². The summed E-state index contributed by atoms with van der Waals surface area (Å²) in [5.74, 6) is -60.0. The van der Waals surface area contributed by atoms with Gasteiger partial charge in [-0.05, 0) is 12.8 Å². The molecule has 0 fully saturated rings. The zero-order chi connectivity index (χ0) is 32.2. The summed E-state index contributed by atoms with van der Waals surface area (Å²) in [6, 6.07) is 0. The van der Waals surface area contributed by atoms with Gasteiger partial charge in [-0.15, -0.1) is 0 Å². The smallest absolute Gasteiger partial charge is 0.460 e. The Balaban J connectivity index is 6.25. The molecule has 0 rings (SSSR count). The van der Waals surface area contributed by atoms with Crippen LogP contribution >= 0.6 is 0 Å². The predicted molar refractivity (Wildman–Crippen MR) is 104 cm³/mol. The summed E-state index contributed by atoms with van der Waals surface area (Å²) in [6.07, 6.45) is -6.52. The van der Waals surface area contributed by atoms with Gasteiger partial charge in [-0.3, -0.25) is 0 Å². The Kier molecular flexibility index (Phi) is 11.9. The summed E-state index contributed by atoms with van der Waals surface area (Å²) in [4.78, 5) is 11.1. The molecule has 238 valence electrons. The zero-order valence-corrected chi connectivity index (χ0v) is 20.2. The van der Waals surface area contributed by atoms with Gasteiger partial charge in [0, 0.05) is 11.6 Å². The molecule has 0 aromatic carbocycles. The van der Waals surface area contributed by atoms with Crippen LogP contribution in [0.1, 0.15) is 64.7 Å². The molecule has 0 aliphatic carbocycles. The van der Waals surface area contributed by atoms with Crippen LogP contribution in [0.2, 0.25) is 0 Å². The molecule has 0 aromatic heterocycles. The maximum absolute atomic E-state index is 14.0. The van der Waals surface area contributed by atoms with Crippen LogP contribution in [0.3, 0.4) is 0 Å². The van der Waals surface area contributed by atoms with Crippen molar-refractivity contribution < 1.29 is 84.5 Å². The van der Waals surface area contributed by atoms with Gasteiger partial charge in [0.1, 0.15) is 0 Å². The first kappa shape index (κ1) is 38.0. The quantitative estimate of drug-likeness (QED) is 0.0988. The Morgan fingerprint density at radius 3 is 1.20 bits per heavy atom. The fourth-order valence-corrected chi connectivity index (χ4v) is 3.18. The van der Waals surface area contributed by atoms with Crippen LogP contribution in [0.15, 0.2) is 11.6 Å². The molecule has 0 aliphatic heterocycles. The molecule has 1 N–H and O–H groups in total. The number of rotatable bonds is 17. The van der Waals surface area contributed by atoms with Gasteiger partial charge in [-0.25, -0.2) is 4.79 Å². The largest absolute Gasteiger partial charge is 0.478 e. The third-order valence-electron chi connectivity index (χ3n) is 5.68. The highest BCUT2D eigenvalue weighted by atomic mass is 19.4. The first-order valence-electron chi connectivity index (χ1n) is 11.3. The Labute approximate surface area is 215 Å². The molecule has 0 aliphatic rings. The molecule has 0 bridgehead atoms. The van der Waals surface area contributed by atoms with Gasteiger partial charge in [-0.2, -0.15) is 74.6 Å². The van der Waals surface area contributed by atoms with Crippen molar-refractivity contribution in [2.75, 3.05) is 0 Å². The molecule has 0 heterocycles. The van der Waals surface area contributed by atoms with Crippen LogP contribution in [-0.2, 0) is 4.79 Å². The van der Waals surface area contributed by atoms with Gasteiger partial charge in [0.15, 0.2) is 0 Å². The lowest BCUT2D eigenvalue weighted by Gasteiger charge is -2.42. The lowest BCUT2D eigenvalue weighted by atomic mass is 9.88. The number of aliphatic carboxylic acids is 1. The molecular formula is C21H23F17O2. The number of carboxylic acid groups (broad SMARTS) is 1. The molecule has 0 amide bonds. The first-order valence-corrected chi connectivity index (χ1v) is 11.3. The van der Waals surface area contributed by atoms with Crippen LogP contribution < -0.4 is 0 Å². The highest BCUT2D eigenvalue weighted by molar-refractivity contribution is 5.86. The minimum absolute atomic E-state index is 0.0711. The Morgan fingerprint density at radius 1 is 0.525 bits per heavy atom. The maximum atomic E-state index is 14.0. The number of carbonyl (C=O) groups is 1. The monoisotopic (exact) mass is 630 g/mol. The molecule has 40 heavy (non-hydrogen) atoms. The summed E-state index contributed by atoms with van der Waals surface area (Å²) in [5.41, 5.74) is -1.82. The van der Waals surface area contributed by atoms with Gasteiger partial charge in [0.05, 0.1) is 0 Å².